The van der Waals surface area contributed by atoms with Crippen LogP contribution in [-0.2, 0) is 6.42 Å². The largest absolute Gasteiger partial charge is 0.247 e. The van der Waals surface area contributed by atoms with Crippen LogP contribution in [0, 0.1) is 18.8 Å². The molecule has 3 unspecified atom stereocenters. The molecule has 0 bridgehead atoms. The summed E-state index contributed by atoms with van der Waals surface area (Å²) in [6, 6.07) is 0. The minimum absolute atomic E-state index is 0.368. The first-order valence-electron chi connectivity index (χ1n) is 6.74. The van der Waals surface area contributed by atoms with Crippen LogP contribution >= 0.6 is 22.9 Å². The van der Waals surface area contributed by atoms with E-state index < -0.39 is 0 Å². The fourth-order valence-electron chi connectivity index (χ4n) is 2.93. The first-order valence-corrected chi connectivity index (χ1v) is 8.05. The zero-order valence-corrected chi connectivity index (χ0v) is 12.4. The number of nitrogens with zero attached hydrogens (tertiary/aromatic N) is 1. The van der Waals surface area contributed by atoms with Crippen molar-refractivity contribution in [3.8, 4) is 0 Å². The fraction of sp³-hybridized carbons (Fsp3) is 0.786. The van der Waals surface area contributed by atoms with E-state index in [1.807, 2.05) is 0 Å². The molecule has 0 aliphatic heterocycles. The van der Waals surface area contributed by atoms with Gasteiger partial charge in [-0.05, 0) is 38.0 Å². The van der Waals surface area contributed by atoms with Gasteiger partial charge in [0.15, 0.2) is 0 Å². The van der Waals surface area contributed by atoms with E-state index in [9.17, 15) is 0 Å². The molecule has 2 rings (SSSR count). The summed E-state index contributed by atoms with van der Waals surface area (Å²) < 4.78 is 0. The Morgan fingerprint density at radius 2 is 2.29 bits per heavy atom. The molecule has 1 aliphatic rings. The lowest BCUT2D eigenvalue weighted by Crippen LogP contribution is -2.27. The molecule has 0 saturated heterocycles. The van der Waals surface area contributed by atoms with Crippen LogP contribution in [0.2, 0.25) is 0 Å². The highest BCUT2D eigenvalue weighted by Gasteiger charge is 2.29. The first kappa shape index (κ1) is 13.4. The van der Waals surface area contributed by atoms with Crippen molar-refractivity contribution >= 4 is 22.9 Å². The first-order chi connectivity index (χ1) is 8.19. The van der Waals surface area contributed by atoms with E-state index in [-0.39, 0.29) is 0 Å². The maximum Gasteiger partial charge on any atom is 0.0931 e. The molecular weight excluding hydrogens is 250 g/mol. The van der Waals surface area contributed by atoms with Gasteiger partial charge in [0, 0.05) is 22.9 Å². The molecule has 0 spiro atoms. The Labute approximate surface area is 114 Å². The Morgan fingerprint density at radius 3 is 2.94 bits per heavy atom. The van der Waals surface area contributed by atoms with Crippen molar-refractivity contribution < 1.29 is 0 Å². The second-order valence-electron chi connectivity index (χ2n) is 5.33. The molecule has 1 aromatic rings. The van der Waals surface area contributed by atoms with E-state index in [1.165, 1.54) is 37.1 Å². The van der Waals surface area contributed by atoms with E-state index in [1.54, 1.807) is 11.3 Å². The highest BCUT2D eigenvalue weighted by molar-refractivity contribution is 7.09. The lowest BCUT2D eigenvalue weighted by Gasteiger charge is -2.32. The normalized spacial score (nSPS) is 29.5. The van der Waals surface area contributed by atoms with Crippen LogP contribution in [-0.4, -0.2) is 10.4 Å². The van der Waals surface area contributed by atoms with Crippen molar-refractivity contribution in [3.05, 3.63) is 16.1 Å². The van der Waals surface area contributed by atoms with Crippen molar-refractivity contribution in [1.82, 2.24) is 4.98 Å². The van der Waals surface area contributed by atoms with Gasteiger partial charge in [-0.3, -0.25) is 0 Å². The average Bonchev–Trinajstić information content (AvgIpc) is 2.69. The summed E-state index contributed by atoms with van der Waals surface area (Å²) in [6.07, 6.45) is 7.60. The molecule has 96 valence electrons. The number of halogens is 1. The molecule has 1 saturated carbocycles. The van der Waals surface area contributed by atoms with Crippen LogP contribution in [0.25, 0.3) is 0 Å². The van der Waals surface area contributed by atoms with E-state index >= 15 is 0 Å². The van der Waals surface area contributed by atoms with Gasteiger partial charge in [-0.25, -0.2) is 4.98 Å². The molecule has 0 aromatic carbocycles. The standard InChI is InChI=1S/C14H22ClNS/c1-3-4-11-5-6-13(15)12(7-11)8-14-16-10(2)9-17-14/h9,11-13H,3-8H2,1-2H3. The number of thiazole rings is 1. The highest BCUT2D eigenvalue weighted by Crippen LogP contribution is 2.37. The van der Waals surface area contributed by atoms with E-state index in [4.69, 9.17) is 11.6 Å². The van der Waals surface area contributed by atoms with Gasteiger partial charge in [-0.1, -0.05) is 19.8 Å². The third-order valence-electron chi connectivity index (χ3n) is 3.80. The average molecular weight is 272 g/mol. The minimum Gasteiger partial charge on any atom is -0.247 e. The van der Waals surface area contributed by atoms with E-state index in [2.05, 4.69) is 24.2 Å². The lowest BCUT2D eigenvalue weighted by atomic mass is 9.78. The molecule has 1 aromatic heterocycles. The van der Waals surface area contributed by atoms with Crippen LogP contribution in [0.15, 0.2) is 5.38 Å². The topological polar surface area (TPSA) is 12.9 Å². The highest BCUT2D eigenvalue weighted by atomic mass is 35.5. The smallest absolute Gasteiger partial charge is 0.0931 e. The van der Waals surface area contributed by atoms with Crippen molar-refractivity contribution in [2.24, 2.45) is 11.8 Å². The van der Waals surface area contributed by atoms with Crippen LogP contribution in [0.3, 0.4) is 0 Å². The third kappa shape index (κ3) is 3.69. The third-order valence-corrected chi connectivity index (χ3v) is 5.36. The predicted octanol–water partition coefficient (Wildman–Crippen LogP) is 4.82. The summed E-state index contributed by atoms with van der Waals surface area (Å²) in [4.78, 5) is 4.57. The molecule has 0 radical (unpaired) electrons. The summed E-state index contributed by atoms with van der Waals surface area (Å²) >= 11 is 8.27. The molecule has 1 aliphatic carbocycles. The van der Waals surface area contributed by atoms with Gasteiger partial charge in [-0.2, -0.15) is 0 Å². The molecule has 3 heteroatoms. The number of aromatic nitrogens is 1. The Bertz CT molecular complexity index is 350. The van der Waals surface area contributed by atoms with Crippen LogP contribution < -0.4 is 0 Å². The number of alkyl halides is 1. The van der Waals surface area contributed by atoms with Crippen molar-refractivity contribution in [3.63, 3.8) is 0 Å². The summed E-state index contributed by atoms with van der Waals surface area (Å²) in [5, 5.41) is 3.79. The fourth-order valence-corrected chi connectivity index (χ4v) is 4.11. The molecule has 3 atom stereocenters. The second kappa shape index (κ2) is 6.19. The summed E-state index contributed by atoms with van der Waals surface area (Å²) in [5.74, 6) is 1.55. The van der Waals surface area contributed by atoms with E-state index in [0.29, 0.717) is 11.3 Å². The van der Waals surface area contributed by atoms with Gasteiger partial charge in [0.05, 0.1) is 5.01 Å². The number of aryl methyl sites for hydroxylation is 1. The Hall–Kier alpha value is -0.0800. The Morgan fingerprint density at radius 1 is 1.47 bits per heavy atom. The minimum atomic E-state index is 0.368. The predicted molar refractivity (Wildman–Crippen MR) is 75.9 cm³/mol. The van der Waals surface area contributed by atoms with Gasteiger partial charge in [-0.15, -0.1) is 22.9 Å². The van der Waals surface area contributed by atoms with Crippen LogP contribution in [0.5, 0.6) is 0 Å². The Kier molecular flexibility index (Phi) is 4.87. The summed E-state index contributed by atoms with van der Waals surface area (Å²) in [7, 11) is 0. The van der Waals surface area contributed by atoms with Crippen molar-refractivity contribution in [2.75, 3.05) is 0 Å². The molecule has 1 nitrogen and oxygen atoms in total. The molecule has 1 heterocycles. The number of hydrogen-bond acceptors (Lipinski definition) is 2. The quantitative estimate of drug-likeness (QED) is 0.716. The van der Waals surface area contributed by atoms with Gasteiger partial charge in [0.1, 0.15) is 0 Å². The summed E-state index contributed by atoms with van der Waals surface area (Å²) in [6.45, 7) is 4.35. The van der Waals surface area contributed by atoms with E-state index in [0.717, 1.165) is 18.0 Å². The maximum atomic E-state index is 6.48. The SMILES string of the molecule is CCCC1CCC(Cl)C(Cc2nc(C)cs2)C1. The molecule has 17 heavy (non-hydrogen) atoms. The van der Waals surface area contributed by atoms with Crippen molar-refractivity contribution in [1.29, 1.82) is 0 Å². The lowest BCUT2D eigenvalue weighted by molar-refractivity contribution is 0.257. The Balaban J connectivity index is 1.93. The zero-order valence-electron chi connectivity index (χ0n) is 10.8. The number of hydrogen-bond donors (Lipinski definition) is 0. The molecule has 0 N–H and O–H groups in total. The van der Waals surface area contributed by atoms with Gasteiger partial charge in [0.2, 0.25) is 0 Å². The van der Waals surface area contributed by atoms with Gasteiger partial charge >= 0.3 is 0 Å². The summed E-state index contributed by atoms with van der Waals surface area (Å²) in [5.41, 5.74) is 1.15. The molecule has 0 amide bonds. The van der Waals surface area contributed by atoms with Crippen LogP contribution in [0.1, 0.15) is 49.7 Å². The monoisotopic (exact) mass is 271 g/mol. The zero-order chi connectivity index (χ0) is 12.3. The second-order valence-corrected chi connectivity index (χ2v) is 6.83. The molecule has 1 fully saturated rings. The maximum absolute atomic E-state index is 6.48. The van der Waals surface area contributed by atoms with Gasteiger partial charge < -0.3 is 0 Å². The number of rotatable bonds is 4. The van der Waals surface area contributed by atoms with Crippen LogP contribution in [0.4, 0.5) is 0 Å². The van der Waals surface area contributed by atoms with Crippen molar-refractivity contribution in [2.45, 2.75) is 57.7 Å². The molecular formula is C14H22ClNS. The van der Waals surface area contributed by atoms with Gasteiger partial charge in [0.25, 0.3) is 0 Å².